The number of hydrogen-bond donors (Lipinski definition) is 0. The van der Waals surface area contributed by atoms with Crippen molar-refractivity contribution in [1.82, 2.24) is 0 Å². The number of benzene rings is 1. The highest BCUT2D eigenvalue weighted by Crippen LogP contribution is 2.16. The first-order chi connectivity index (χ1) is 7.16. The molecule has 0 spiro atoms. The van der Waals surface area contributed by atoms with Gasteiger partial charge in [-0.05, 0) is 30.7 Å². The fourth-order valence-electron chi connectivity index (χ4n) is 1.04. The van der Waals surface area contributed by atoms with E-state index in [4.69, 9.17) is 16.3 Å². The second-order valence-corrected chi connectivity index (χ2v) is 2.95. The summed E-state index contributed by atoms with van der Waals surface area (Å²) in [6.45, 7) is 1.84. The molecule has 0 fully saturated rings. The highest BCUT2D eigenvalue weighted by atomic mass is 35.5. The molecule has 1 rings (SSSR count). The molecule has 0 N–H and O–H groups in total. The van der Waals surface area contributed by atoms with E-state index in [1.807, 2.05) is 0 Å². The number of carbonyl (C=O) groups is 2. The summed E-state index contributed by atoms with van der Waals surface area (Å²) in [5, 5.41) is -0.889. The zero-order chi connectivity index (χ0) is 11.3. The van der Waals surface area contributed by atoms with Crippen molar-refractivity contribution in [1.29, 1.82) is 0 Å². The van der Waals surface area contributed by atoms with Crippen LogP contribution in [0.5, 0.6) is 0 Å². The van der Waals surface area contributed by atoms with Gasteiger partial charge in [-0.25, -0.2) is 9.69 Å². The molecule has 0 aromatic heterocycles. The summed E-state index contributed by atoms with van der Waals surface area (Å²) in [7, 11) is 0. The maximum atomic E-state index is 11.4. The third-order valence-electron chi connectivity index (χ3n) is 1.64. The molecule has 1 aromatic rings. The fraction of sp³-hybridized carbons (Fsp3) is 0.200. The third kappa shape index (κ3) is 2.95. The van der Waals surface area contributed by atoms with E-state index in [9.17, 15) is 9.59 Å². The van der Waals surface area contributed by atoms with E-state index < -0.39 is 11.5 Å². The van der Waals surface area contributed by atoms with Gasteiger partial charge in [-0.1, -0.05) is 18.2 Å². The molecule has 0 atom stereocenters. The van der Waals surface area contributed by atoms with Crippen LogP contribution in [0.15, 0.2) is 30.3 Å². The Morgan fingerprint density at radius 1 is 1.33 bits per heavy atom. The van der Waals surface area contributed by atoms with Gasteiger partial charge in [0.2, 0.25) is 0 Å². The fourth-order valence-corrected chi connectivity index (χ4v) is 1.21. The van der Waals surface area contributed by atoms with Crippen LogP contribution < -0.4 is 4.90 Å². The minimum atomic E-state index is -0.889. The Hall–Kier alpha value is -1.55. The van der Waals surface area contributed by atoms with Gasteiger partial charge in [0, 0.05) is 0 Å². The molecule has 0 aliphatic rings. The van der Waals surface area contributed by atoms with Gasteiger partial charge in [0.1, 0.15) is 0 Å². The number of halogens is 1. The lowest BCUT2D eigenvalue weighted by molar-refractivity contribution is 0.161. The quantitative estimate of drug-likeness (QED) is 0.576. The Morgan fingerprint density at radius 2 is 1.93 bits per heavy atom. The topological polar surface area (TPSA) is 46.6 Å². The molecule has 80 valence electrons. The van der Waals surface area contributed by atoms with Crippen LogP contribution in [0.1, 0.15) is 6.92 Å². The number of hydrogen-bond acceptors (Lipinski definition) is 3. The Balaban J connectivity index is 2.94. The number of carbonyl (C=O) groups excluding carboxylic acids is 2. The average molecular weight is 228 g/mol. The maximum absolute atomic E-state index is 11.4. The lowest BCUT2D eigenvalue weighted by Crippen LogP contribution is -2.33. The van der Waals surface area contributed by atoms with E-state index in [0.717, 1.165) is 4.90 Å². The maximum Gasteiger partial charge on any atom is 0.422 e. The zero-order valence-corrected chi connectivity index (χ0v) is 8.90. The molecule has 0 unspecified atom stereocenters. The molecule has 0 saturated heterocycles. The molecule has 0 saturated carbocycles. The summed E-state index contributed by atoms with van der Waals surface area (Å²) in [4.78, 5) is 23.2. The molecular formula is C10H10ClNO3. The molecule has 1 aromatic carbocycles. The highest BCUT2D eigenvalue weighted by molar-refractivity contribution is 6.68. The van der Waals surface area contributed by atoms with Gasteiger partial charge in [-0.2, -0.15) is 0 Å². The summed E-state index contributed by atoms with van der Waals surface area (Å²) >= 11 is 5.30. The van der Waals surface area contributed by atoms with E-state index in [0.29, 0.717) is 5.69 Å². The van der Waals surface area contributed by atoms with Gasteiger partial charge in [0.15, 0.2) is 0 Å². The largest absolute Gasteiger partial charge is 0.449 e. The predicted molar refractivity (Wildman–Crippen MR) is 57.2 cm³/mol. The summed E-state index contributed by atoms with van der Waals surface area (Å²) in [6, 6.07) is 8.35. The van der Waals surface area contributed by atoms with Crippen LogP contribution in [0.2, 0.25) is 0 Å². The first kappa shape index (κ1) is 11.5. The summed E-state index contributed by atoms with van der Waals surface area (Å²) in [5.74, 6) is 0. The van der Waals surface area contributed by atoms with Gasteiger partial charge < -0.3 is 4.74 Å². The Kier molecular flexibility index (Phi) is 4.12. The van der Waals surface area contributed by atoms with Crippen LogP contribution in [0.4, 0.5) is 15.3 Å². The van der Waals surface area contributed by atoms with Crippen LogP contribution in [0.25, 0.3) is 0 Å². The van der Waals surface area contributed by atoms with Crippen molar-refractivity contribution in [3.05, 3.63) is 30.3 Å². The molecule has 2 amide bonds. The molecule has 15 heavy (non-hydrogen) atoms. The zero-order valence-electron chi connectivity index (χ0n) is 8.14. The monoisotopic (exact) mass is 227 g/mol. The van der Waals surface area contributed by atoms with Crippen LogP contribution in [0, 0.1) is 0 Å². The van der Waals surface area contributed by atoms with E-state index in [2.05, 4.69) is 0 Å². The predicted octanol–water partition coefficient (Wildman–Crippen LogP) is 3.01. The molecule has 0 aliphatic heterocycles. The number of ether oxygens (including phenoxy) is 1. The van der Waals surface area contributed by atoms with Crippen molar-refractivity contribution in [3.8, 4) is 0 Å². The minimum Gasteiger partial charge on any atom is -0.449 e. The van der Waals surface area contributed by atoms with E-state index in [1.165, 1.54) is 0 Å². The molecule has 4 nitrogen and oxygen atoms in total. The van der Waals surface area contributed by atoms with Gasteiger partial charge in [-0.15, -0.1) is 0 Å². The van der Waals surface area contributed by atoms with Crippen molar-refractivity contribution in [2.75, 3.05) is 11.5 Å². The SMILES string of the molecule is CCOC(=O)N(C(=O)Cl)c1ccccc1. The van der Waals surface area contributed by atoms with Crippen LogP contribution in [-0.2, 0) is 4.74 Å². The van der Waals surface area contributed by atoms with Crippen LogP contribution in [0.3, 0.4) is 0 Å². The number of nitrogens with zero attached hydrogens (tertiary/aromatic N) is 1. The van der Waals surface area contributed by atoms with Gasteiger partial charge in [-0.3, -0.25) is 4.79 Å². The number of para-hydroxylation sites is 1. The Labute approximate surface area is 92.4 Å². The number of anilines is 1. The van der Waals surface area contributed by atoms with Crippen molar-refractivity contribution >= 4 is 28.7 Å². The van der Waals surface area contributed by atoms with Gasteiger partial charge in [0.05, 0.1) is 12.3 Å². The Bertz CT molecular complexity index is 353. The normalized spacial score (nSPS) is 9.47. The molecule has 0 bridgehead atoms. The minimum absolute atomic E-state index is 0.187. The lowest BCUT2D eigenvalue weighted by Gasteiger charge is -2.16. The van der Waals surface area contributed by atoms with Gasteiger partial charge >= 0.3 is 11.5 Å². The van der Waals surface area contributed by atoms with E-state index in [-0.39, 0.29) is 6.61 Å². The summed E-state index contributed by atoms with van der Waals surface area (Å²) in [5.41, 5.74) is 0.385. The standard InChI is InChI=1S/C10H10ClNO3/c1-2-15-10(14)12(9(11)13)8-6-4-3-5-7-8/h3-7H,2H2,1H3. The third-order valence-corrected chi connectivity index (χ3v) is 1.81. The number of amides is 2. The molecule has 0 aliphatic carbocycles. The molecule has 5 heteroatoms. The van der Waals surface area contributed by atoms with Crippen LogP contribution in [-0.4, -0.2) is 18.1 Å². The van der Waals surface area contributed by atoms with Gasteiger partial charge in [0.25, 0.3) is 0 Å². The number of rotatable bonds is 2. The first-order valence-corrected chi connectivity index (χ1v) is 4.76. The lowest BCUT2D eigenvalue weighted by atomic mass is 10.3. The van der Waals surface area contributed by atoms with Crippen molar-refractivity contribution in [2.24, 2.45) is 0 Å². The smallest absolute Gasteiger partial charge is 0.422 e. The van der Waals surface area contributed by atoms with E-state index >= 15 is 0 Å². The second kappa shape index (κ2) is 5.36. The molecular weight excluding hydrogens is 218 g/mol. The molecule has 0 heterocycles. The summed E-state index contributed by atoms with van der Waals surface area (Å²) < 4.78 is 4.70. The first-order valence-electron chi connectivity index (χ1n) is 4.38. The van der Waals surface area contributed by atoms with Crippen molar-refractivity contribution < 1.29 is 14.3 Å². The number of imide groups is 1. The van der Waals surface area contributed by atoms with Crippen molar-refractivity contribution in [2.45, 2.75) is 6.92 Å². The van der Waals surface area contributed by atoms with E-state index in [1.54, 1.807) is 37.3 Å². The molecule has 0 radical (unpaired) electrons. The second-order valence-electron chi connectivity index (χ2n) is 2.62. The Morgan fingerprint density at radius 3 is 2.40 bits per heavy atom. The van der Waals surface area contributed by atoms with Crippen molar-refractivity contribution in [3.63, 3.8) is 0 Å². The van der Waals surface area contributed by atoms with Crippen LogP contribution >= 0.6 is 11.6 Å². The average Bonchev–Trinajstić information content (AvgIpc) is 2.19. The summed E-state index contributed by atoms with van der Waals surface area (Å²) in [6.07, 6.45) is -0.774. The highest BCUT2D eigenvalue weighted by Gasteiger charge is 2.22.